The van der Waals surface area contributed by atoms with Crippen molar-refractivity contribution < 1.29 is 55.7 Å². The van der Waals surface area contributed by atoms with Gasteiger partial charge >= 0.3 is 19.5 Å². The maximum atomic E-state index is 14.4. The second kappa shape index (κ2) is 10.8. The van der Waals surface area contributed by atoms with Crippen molar-refractivity contribution in [3.8, 4) is 11.5 Å². The quantitative estimate of drug-likeness (QED) is 0.273. The topological polar surface area (TPSA) is 114 Å². The monoisotopic (exact) mass is 549 g/mol. The van der Waals surface area contributed by atoms with Crippen molar-refractivity contribution in [2.75, 3.05) is 19.5 Å². The number of hydrogen-bond acceptors (Lipinski definition) is 8. The third-order valence-corrected chi connectivity index (χ3v) is 7.50. The number of benzene rings is 2. The van der Waals surface area contributed by atoms with Crippen LogP contribution in [-0.2, 0) is 9.53 Å². The van der Waals surface area contributed by atoms with Crippen molar-refractivity contribution in [1.29, 1.82) is 0 Å². The maximum Gasteiger partial charge on any atom is 0.707 e. The normalized spacial score (nSPS) is 21.4. The van der Waals surface area contributed by atoms with Gasteiger partial charge in [-0.25, -0.2) is 9.18 Å². The molecule has 1 fully saturated rings. The minimum absolute atomic E-state index is 0.0533. The molecule has 1 heterocycles. The summed E-state index contributed by atoms with van der Waals surface area (Å²) >= 11 is 0.315. The molecule has 0 spiro atoms. The predicted molar refractivity (Wildman–Crippen MR) is 123 cm³/mol. The Morgan fingerprint density at radius 2 is 1.84 bits per heavy atom. The van der Waals surface area contributed by atoms with E-state index >= 15 is 0 Å². The van der Waals surface area contributed by atoms with Crippen LogP contribution in [-0.4, -0.2) is 59.6 Å². The van der Waals surface area contributed by atoms with Gasteiger partial charge in [0.15, 0.2) is 11.6 Å². The average molecular weight is 549 g/mol. The molecule has 200 valence electrons. The highest BCUT2D eigenvalue weighted by Crippen LogP contribution is 2.59. The van der Waals surface area contributed by atoms with Gasteiger partial charge in [0.1, 0.15) is 16.1 Å². The van der Waals surface area contributed by atoms with Gasteiger partial charge in [-0.3, -0.25) is 4.79 Å². The van der Waals surface area contributed by atoms with Crippen LogP contribution in [0.4, 0.5) is 27.6 Å². The van der Waals surface area contributed by atoms with E-state index in [1.165, 1.54) is 6.07 Å². The number of methoxy groups -OCH3 is 2. The van der Waals surface area contributed by atoms with Crippen molar-refractivity contribution in [2.24, 2.45) is 0 Å². The van der Waals surface area contributed by atoms with Crippen LogP contribution in [0.1, 0.15) is 35.2 Å². The molecular formula is C22H21BF5NO7S. The summed E-state index contributed by atoms with van der Waals surface area (Å²) in [5.41, 5.74) is -0.480. The van der Waals surface area contributed by atoms with Crippen LogP contribution in [0.3, 0.4) is 0 Å². The lowest BCUT2D eigenvalue weighted by Crippen LogP contribution is -2.37. The Hall–Kier alpha value is -3.04. The second-order valence-corrected chi connectivity index (χ2v) is 9.84. The van der Waals surface area contributed by atoms with Gasteiger partial charge in [0.25, 0.3) is 0 Å². The smallest absolute Gasteiger partial charge is 0.511 e. The zero-order valence-corrected chi connectivity index (χ0v) is 20.4. The van der Waals surface area contributed by atoms with E-state index in [9.17, 15) is 31.5 Å². The number of carbonyl (C=O) groups excluding carboxylic acids is 2. The van der Waals surface area contributed by atoms with Crippen LogP contribution in [0.15, 0.2) is 30.3 Å². The molecular weight excluding hydrogens is 528 g/mol. The molecule has 0 saturated carbocycles. The number of halogens is 5. The number of alkyl halides is 3. The standard InChI is InChI=1S/C22H21BF5NO7S/c1-21(22(26,27)28)9-13(11-5-6-14(24)16(25)17(11)34-2)18(37-21)19(30)29-10-4-7-15(36-23(32)33)12(8-10)20(31)35-3/h4-8,13,18,32-33H,9H2,1-3H3,(H,29,30)/t13-,18+,21+/m0/s1. The highest BCUT2D eigenvalue weighted by Gasteiger charge is 2.60. The zero-order valence-electron chi connectivity index (χ0n) is 19.6. The van der Waals surface area contributed by atoms with Gasteiger partial charge in [0.2, 0.25) is 11.7 Å². The zero-order chi connectivity index (χ0) is 27.7. The third-order valence-electron chi connectivity index (χ3n) is 5.79. The Morgan fingerprint density at radius 3 is 2.41 bits per heavy atom. The van der Waals surface area contributed by atoms with Crippen LogP contribution in [0.5, 0.6) is 11.5 Å². The second-order valence-electron chi connectivity index (χ2n) is 8.20. The number of anilines is 1. The molecule has 37 heavy (non-hydrogen) atoms. The van der Waals surface area contributed by atoms with Gasteiger partial charge in [0, 0.05) is 17.2 Å². The Balaban J connectivity index is 2.01. The number of esters is 1. The van der Waals surface area contributed by atoms with E-state index in [-0.39, 0.29) is 22.6 Å². The number of thioether (sulfide) groups is 1. The Morgan fingerprint density at radius 1 is 1.16 bits per heavy atom. The van der Waals surface area contributed by atoms with Crippen molar-refractivity contribution in [2.45, 2.75) is 35.4 Å². The van der Waals surface area contributed by atoms with Gasteiger partial charge in [-0.15, -0.1) is 11.8 Å². The number of ether oxygens (including phenoxy) is 2. The molecule has 3 atom stereocenters. The third kappa shape index (κ3) is 5.78. The molecule has 0 aromatic heterocycles. The maximum absolute atomic E-state index is 14.4. The van der Waals surface area contributed by atoms with E-state index in [1.807, 2.05) is 0 Å². The number of nitrogens with one attached hydrogen (secondary N) is 1. The summed E-state index contributed by atoms with van der Waals surface area (Å²) in [6, 6.07) is 5.20. The average Bonchev–Trinajstić information content (AvgIpc) is 3.19. The van der Waals surface area contributed by atoms with Crippen LogP contribution < -0.4 is 14.7 Å². The largest absolute Gasteiger partial charge is 0.707 e. The van der Waals surface area contributed by atoms with E-state index in [0.29, 0.717) is 11.8 Å². The predicted octanol–water partition coefficient (Wildman–Crippen LogP) is 3.66. The van der Waals surface area contributed by atoms with E-state index < -0.39 is 65.1 Å². The minimum Gasteiger partial charge on any atom is -0.511 e. The van der Waals surface area contributed by atoms with Crippen LogP contribution >= 0.6 is 11.8 Å². The molecule has 1 amide bonds. The first-order valence-electron chi connectivity index (χ1n) is 10.5. The van der Waals surface area contributed by atoms with Crippen molar-refractivity contribution in [3.63, 3.8) is 0 Å². The van der Waals surface area contributed by atoms with Gasteiger partial charge in [-0.05, 0) is 37.6 Å². The molecule has 3 rings (SSSR count). The SMILES string of the molecule is COC(=O)c1cc(NC(=O)[C@@H]2S[C@@](C)(C(F)(F)F)C[C@H]2c2ccc(F)c(F)c2OC)ccc1OB(O)O. The summed E-state index contributed by atoms with van der Waals surface area (Å²) in [6.45, 7) is 0.909. The summed E-state index contributed by atoms with van der Waals surface area (Å²) in [5.74, 6) is -6.67. The number of amides is 1. The molecule has 1 saturated heterocycles. The fraction of sp³-hybridized carbons (Fsp3) is 0.364. The fourth-order valence-corrected chi connectivity index (χ4v) is 5.53. The molecule has 8 nitrogen and oxygen atoms in total. The van der Waals surface area contributed by atoms with E-state index in [2.05, 4.69) is 10.1 Å². The number of hydrogen-bond donors (Lipinski definition) is 3. The van der Waals surface area contributed by atoms with Gasteiger partial charge in [-0.2, -0.15) is 17.6 Å². The summed E-state index contributed by atoms with van der Waals surface area (Å²) in [6.07, 6.45) is -5.37. The minimum atomic E-state index is -4.74. The van der Waals surface area contributed by atoms with Crippen molar-refractivity contribution >= 4 is 36.6 Å². The lowest BCUT2D eigenvalue weighted by Gasteiger charge is -2.26. The number of carbonyl (C=O) groups is 2. The molecule has 0 bridgehead atoms. The molecule has 0 radical (unpaired) electrons. The molecule has 3 N–H and O–H groups in total. The first kappa shape index (κ1) is 28.5. The Bertz CT molecular complexity index is 1200. The highest BCUT2D eigenvalue weighted by molar-refractivity contribution is 8.02. The molecule has 1 aliphatic heterocycles. The molecule has 0 aliphatic carbocycles. The highest BCUT2D eigenvalue weighted by atomic mass is 32.2. The molecule has 15 heteroatoms. The summed E-state index contributed by atoms with van der Waals surface area (Å²) < 4.78 is 81.8. The molecule has 1 aliphatic rings. The van der Waals surface area contributed by atoms with E-state index in [0.717, 1.165) is 45.4 Å². The lowest BCUT2D eigenvalue weighted by atomic mass is 9.85. The van der Waals surface area contributed by atoms with Crippen LogP contribution in [0, 0.1) is 11.6 Å². The van der Waals surface area contributed by atoms with Crippen molar-refractivity contribution in [1.82, 2.24) is 0 Å². The van der Waals surface area contributed by atoms with Gasteiger partial charge < -0.3 is 29.5 Å². The summed E-state index contributed by atoms with van der Waals surface area (Å²) in [7, 11) is -0.201. The van der Waals surface area contributed by atoms with E-state index in [4.69, 9.17) is 19.4 Å². The molecule has 2 aromatic carbocycles. The first-order valence-corrected chi connectivity index (χ1v) is 11.4. The lowest BCUT2D eigenvalue weighted by molar-refractivity contribution is -0.155. The van der Waals surface area contributed by atoms with Crippen molar-refractivity contribution in [3.05, 3.63) is 53.1 Å². The van der Waals surface area contributed by atoms with Crippen LogP contribution in [0.25, 0.3) is 0 Å². The fourth-order valence-electron chi connectivity index (χ4n) is 3.98. The Labute approximate surface area is 212 Å². The molecule has 2 aromatic rings. The number of rotatable bonds is 7. The van der Waals surface area contributed by atoms with Gasteiger partial charge in [0.05, 0.1) is 19.5 Å². The Kier molecular flexibility index (Phi) is 8.29. The first-order chi connectivity index (χ1) is 17.2. The van der Waals surface area contributed by atoms with Gasteiger partial charge in [-0.1, -0.05) is 6.07 Å². The summed E-state index contributed by atoms with van der Waals surface area (Å²) in [5, 5.41) is 19.0. The summed E-state index contributed by atoms with van der Waals surface area (Å²) in [4.78, 5) is 25.3. The molecule has 0 unspecified atom stereocenters. The van der Waals surface area contributed by atoms with Crippen LogP contribution in [0.2, 0.25) is 0 Å². The van der Waals surface area contributed by atoms with E-state index in [1.54, 1.807) is 0 Å².